The monoisotopic (exact) mass is 245 g/mol. The van der Waals surface area contributed by atoms with Gasteiger partial charge < -0.3 is 21.9 Å². The first-order chi connectivity index (χ1) is 7.75. The molecule has 0 rings (SSSR count). The van der Waals surface area contributed by atoms with Crippen LogP contribution in [0.15, 0.2) is 0 Å². The van der Waals surface area contributed by atoms with Gasteiger partial charge in [-0.3, -0.25) is 14.4 Å². The summed E-state index contributed by atoms with van der Waals surface area (Å²) in [4.78, 5) is 33.1. The van der Waals surface area contributed by atoms with Gasteiger partial charge in [0, 0.05) is 6.42 Å². The Bertz CT molecular complexity index is 304. The van der Waals surface area contributed by atoms with E-state index in [1.807, 2.05) is 0 Å². The normalized spacial score (nSPS) is 15.8. The maximum absolute atomic E-state index is 11.5. The number of nitrogens with one attached hydrogen (secondary N) is 1. The van der Waals surface area contributed by atoms with Crippen LogP contribution in [-0.2, 0) is 14.4 Å². The van der Waals surface area contributed by atoms with Gasteiger partial charge >= 0.3 is 0 Å². The van der Waals surface area contributed by atoms with Crippen LogP contribution in [0.5, 0.6) is 0 Å². The molecule has 3 unspecified atom stereocenters. The van der Waals surface area contributed by atoms with E-state index in [4.69, 9.17) is 11.5 Å². The van der Waals surface area contributed by atoms with Crippen LogP contribution in [0.25, 0.3) is 0 Å². The van der Waals surface area contributed by atoms with Gasteiger partial charge in [0.2, 0.25) is 11.8 Å². The van der Waals surface area contributed by atoms with Crippen LogP contribution >= 0.6 is 0 Å². The molecule has 0 saturated heterocycles. The van der Waals surface area contributed by atoms with Crippen molar-refractivity contribution in [1.29, 1.82) is 0 Å². The van der Waals surface area contributed by atoms with Gasteiger partial charge in [0.1, 0.15) is 6.04 Å². The summed E-state index contributed by atoms with van der Waals surface area (Å²) in [6, 6.07) is -1.91. The number of amides is 2. The molecule has 17 heavy (non-hydrogen) atoms. The Kier molecular flexibility index (Phi) is 6.37. The van der Waals surface area contributed by atoms with Crippen molar-refractivity contribution in [2.24, 2.45) is 11.5 Å². The second kappa shape index (κ2) is 6.97. The maximum Gasteiger partial charge on any atom is 0.237 e. The van der Waals surface area contributed by atoms with Crippen LogP contribution in [0.3, 0.4) is 0 Å². The molecule has 0 spiro atoms. The van der Waals surface area contributed by atoms with Crippen LogP contribution in [0.4, 0.5) is 0 Å². The van der Waals surface area contributed by atoms with E-state index >= 15 is 0 Å². The highest BCUT2D eigenvalue weighted by atomic mass is 16.3. The number of primary amides is 1. The van der Waals surface area contributed by atoms with E-state index in [9.17, 15) is 19.5 Å². The van der Waals surface area contributed by atoms with E-state index in [1.165, 1.54) is 13.8 Å². The van der Waals surface area contributed by atoms with Gasteiger partial charge in [0.15, 0.2) is 5.78 Å². The summed E-state index contributed by atoms with van der Waals surface area (Å²) >= 11 is 0. The third-order valence-electron chi connectivity index (χ3n) is 2.26. The second-order valence-electron chi connectivity index (χ2n) is 3.95. The van der Waals surface area contributed by atoms with Crippen molar-refractivity contribution in [2.75, 3.05) is 0 Å². The number of hydrogen-bond donors (Lipinski definition) is 4. The minimum atomic E-state index is -1.00. The summed E-state index contributed by atoms with van der Waals surface area (Å²) in [6.45, 7) is 2.65. The number of Topliss-reactive ketones (excluding diaryl/α,β-unsaturated/α-hetero) is 1. The molecule has 0 bridgehead atoms. The van der Waals surface area contributed by atoms with Crippen molar-refractivity contribution in [2.45, 2.75) is 44.9 Å². The van der Waals surface area contributed by atoms with Crippen molar-refractivity contribution in [3.8, 4) is 0 Å². The molecule has 0 heterocycles. The third-order valence-corrected chi connectivity index (χ3v) is 2.26. The smallest absolute Gasteiger partial charge is 0.237 e. The molecule has 3 atom stereocenters. The Balaban J connectivity index is 4.31. The molecule has 7 heteroatoms. The van der Waals surface area contributed by atoms with E-state index in [0.717, 1.165) is 0 Å². The van der Waals surface area contributed by atoms with Crippen molar-refractivity contribution >= 4 is 17.6 Å². The molecule has 0 aliphatic rings. The van der Waals surface area contributed by atoms with Crippen molar-refractivity contribution in [1.82, 2.24) is 5.32 Å². The topological polar surface area (TPSA) is 136 Å². The molecule has 98 valence electrons. The van der Waals surface area contributed by atoms with Gasteiger partial charge in [-0.25, -0.2) is 0 Å². The molecule has 0 fully saturated rings. The lowest BCUT2D eigenvalue weighted by Crippen LogP contribution is -2.52. The largest absolute Gasteiger partial charge is 0.391 e. The first-order valence-electron chi connectivity index (χ1n) is 5.28. The van der Waals surface area contributed by atoms with E-state index in [0.29, 0.717) is 0 Å². The van der Waals surface area contributed by atoms with Gasteiger partial charge in [-0.15, -0.1) is 0 Å². The van der Waals surface area contributed by atoms with E-state index < -0.39 is 30.0 Å². The van der Waals surface area contributed by atoms with Gasteiger partial charge in [-0.1, -0.05) is 0 Å². The number of nitrogens with two attached hydrogens (primary N) is 2. The molecule has 0 saturated carbocycles. The Morgan fingerprint density at radius 1 is 1.35 bits per heavy atom. The number of carbonyl (C=O) groups is 3. The highest BCUT2D eigenvalue weighted by Crippen LogP contribution is 1.98. The Labute approximate surface area is 99.5 Å². The standard InChI is InChI=1S/C10H19N3O4/c1-5(14)9(6(2)15)13-10(17)7(11)3-4-8(12)16/h5,7,9,14H,3-4,11H2,1-2H3,(H2,12,16)(H,13,17). The number of hydrogen-bond acceptors (Lipinski definition) is 5. The predicted molar refractivity (Wildman–Crippen MR) is 60.7 cm³/mol. The quantitative estimate of drug-likeness (QED) is 0.412. The summed E-state index contributed by atoms with van der Waals surface area (Å²) in [7, 11) is 0. The lowest BCUT2D eigenvalue weighted by Gasteiger charge is -2.20. The molecule has 7 nitrogen and oxygen atoms in total. The molecule has 2 amide bonds. The van der Waals surface area contributed by atoms with Crippen LogP contribution in [0.2, 0.25) is 0 Å². The maximum atomic E-state index is 11.5. The van der Waals surface area contributed by atoms with Crippen molar-refractivity contribution < 1.29 is 19.5 Å². The summed E-state index contributed by atoms with van der Waals surface area (Å²) < 4.78 is 0. The highest BCUT2D eigenvalue weighted by molar-refractivity contribution is 5.90. The third kappa shape index (κ3) is 5.98. The SMILES string of the molecule is CC(=O)C(NC(=O)C(N)CCC(N)=O)C(C)O. The fraction of sp³-hybridized carbons (Fsp3) is 0.700. The summed E-state index contributed by atoms with van der Waals surface area (Å²) in [5.74, 6) is -1.50. The lowest BCUT2D eigenvalue weighted by atomic mass is 10.1. The fourth-order valence-corrected chi connectivity index (χ4v) is 1.25. The van der Waals surface area contributed by atoms with E-state index in [1.54, 1.807) is 0 Å². The van der Waals surface area contributed by atoms with Crippen LogP contribution in [-0.4, -0.2) is 40.9 Å². The van der Waals surface area contributed by atoms with E-state index in [-0.39, 0.29) is 18.6 Å². The molecule has 0 radical (unpaired) electrons. The number of rotatable bonds is 7. The average molecular weight is 245 g/mol. The Morgan fingerprint density at radius 2 is 1.88 bits per heavy atom. The summed E-state index contributed by atoms with van der Waals surface area (Å²) in [5, 5.41) is 11.6. The lowest BCUT2D eigenvalue weighted by molar-refractivity contribution is -0.130. The predicted octanol–water partition coefficient (Wildman–Crippen LogP) is -1.97. The molecule has 0 aromatic carbocycles. The molecule has 0 aliphatic carbocycles. The molecular formula is C10H19N3O4. The van der Waals surface area contributed by atoms with Crippen molar-refractivity contribution in [3.05, 3.63) is 0 Å². The first kappa shape index (κ1) is 15.5. The fourth-order valence-electron chi connectivity index (χ4n) is 1.25. The number of aliphatic hydroxyl groups is 1. The van der Waals surface area contributed by atoms with Gasteiger partial charge in [0.05, 0.1) is 12.1 Å². The average Bonchev–Trinajstić information content (AvgIpc) is 2.20. The number of carbonyl (C=O) groups excluding carboxylic acids is 3. The zero-order valence-electron chi connectivity index (χ0n) is 9.97. The number of aliphatic hydroxyl groups excluding tert-OH is 1. The molecule has 6 N–H and O–H groups in total. The summed E-state index contributed by atoms with van der Waals surface area (Å²) in [5.41, 5.74) is 10.4. The van der Waals surface area contributed by atoms with Crippen LogP contribution in [0.1, 0.15) is 26.7 Å². The van der Waals surface area contributed by atoms with Crippen LogP contribution in [0, 0.1) is 0 Å². The van der Waals surface area contributed by atoms with Crippen LogP contribution < -0.4 is 16.8 Å². The second-order valence-corrected chi connectivity index (χ2v) is 3.95. The Hall–Kier alpha value is -1.47. The minimum absolute atomic E-state index is 0.00595. The number of ketones is 1. The van der Waals surface area contributed by atoms with Gasteiger partial charge in [0.25, 0.3) is 0 Å². The van der Waals surface area contributed by atoms with Gasteiger partial charge in [-0.2, -0.15) is 0 Å². The minimum Gasteiger partial charge on any atom is -0.391 e. The highest BCUT2D eigenvalue weighted by Gasteiger charge is 2.24. The zero-order valence-corrected chi connectivity index (χ0v) is 9.97. The first-order valence-corrected chi connectivity index (χ1v) is 5.28. The van der Waals surface area contributed by atoms with Crippen molar-refractivity contribution in [3.63, 3.8) is 0 Å². The summed E-state index contributed by atoms with van der Waals surface area (Å²) in [6.07, 6.45) is -0.903. The zero-order chi connectivity index (χ0) is 13.6. The molecular weight excluding hydrogens is 226 g/mol. The van der Waals surface area contributed by atoms with E-state index in [2.05, 4.69) is 5.32 Å². The molecule has 0 aromatic rings. The molecule has 0 aromatic heterocycles. The Morgan fingerprint density at radius 3 is 2.24 bits per heavy atom. The molecule has 0 aliphatic heterocycles. The van der Waals surface area contributed by atoms with Gasteiger partial charge in [-0.05, 0) is 20.3 Å².